The normalized spacial score (nSPS) is 13.3. The highest BCUT2D eigenvalue weighted by atomic mass is 16.3. The lowest BCUT2D eigenvalue weighted by Gasteiger charge is -2.31. The molecule has 0 radical (unpaired) electrons. The molecule has 0 amide bonds. The summed E-state index contributed by atoms with van der Waals surface area (Å²) in [4.78, 5) is 2.50. The number of aromatic nitrogens is 1. The molecular weight excluding hydrogens is 813 g/mol. The van der Waals surface area contributed by atoms with Gasteiger partial charge in [-0.3, -0.25) is 0 Å². The summed E-state index contributed by atoms with van der Waals surface area (Å²) in [6, 6.07) is 82.3. The monoisotopic (exact) mass is 860 g/mol. The van der Waals surface area contributed by atoms with Gasteiger partial charge in [-0.2, -0.15) is 0 Å². The van der Waals surface area contributed by atoms with Crippen LogP contribution in [-0.4, -0.2) is 4.57 Å². The van der Waals surface area contributed by atoms with Crippen LogP contribution in [0.2, 0.25) is 0 Å². The number of furan rings is 1. The Kier molecular flexibility index (Phi) is 9.60. The summed E-state index contributed by atoms with van der Waals surface area (Å²) in [5.74, 6) is 0.558. The molecule has 0 bridgehead atoms. The molecule has 320 valence electrons. The quantitative estimate of drug-likeness (QED) is 0.152. The van der Waals surface area contributed by atoms with Gasteiger partial charge in [0.15, 0.2) is 0 Å². The first-order chi connectivity index (χ1) is 33.3. The average Bonchev–Trinajstić information content (AvgIpc) is 3.95. The highest BCUT2D eigenvalue weighted by Gasteiger charge is 2.25. The van der Waals surface area contributed by atoms with E-state index in [0.717, 1.165) is 61.4 Å². The summed E-state index contributed by atoms with van der Waals surface area (Å²) in [6.45, 7) is 0. The Labute approximate surface area is 390 Å². The van der Waals surface area contributed by atoms with E-state index in [-0.39, 0.29) is 0 Å². The minimum Gasteiger partial charge on any atom is -0.455 e. The summed E-state index contributed by atoms with van der Waals surface area (Å²) < 4.78 is 9.13. The lowest BCUT2D eigenvalue weighted by molar-refractivity contribution is 0.445. The maximum atomic E-state index is 6.75. The standard InChI is InChI=1S/C64H48N2O/c1-3-19-43(20-4-1)49-31-16-21-44-22-17-32-54(63(44)49)50-27-7-11-35-58(50)66(59-36-12-8-28-51(59)55-33-18-34-56-53-30-10-14-38-62(53)67-64(55)56)48-26-15-23-45(41-48)46-39-40-61-57(42-46)52-29-9-13-37-60(52)65(61)47-24-5-2-6-25-47/h2,5-18,21-43H,1,3-4,19-20H2. The molecular formula is C64H48N2O. The Morgan fingerprint density at radius 1 is 0.418 bits per heavy atom. The molecule has 13 rings (SSSR count). The van der Waals surface area contributed by atoms with E-state index in [2.05, 4.69) is 234 Å². The van der Waals surface area contributed by atoms with E-state index in [1.807, 2.05) is 0 Å². The Bertz CT molecular complexity index is 3810. The van der Waals surface area contributed by atoms with Crippen molar-refractivity contribution in [2.75, 3.05) is 4.90 Å². The molecule has 1 fully saturated rings. The Morgan fingerprint density at radius 3 is 1.87 bits per heavy atom. The number of hydrogen-bond donors (Lipinski definition) is 0. The van der Waals surface area contributed by atoms with Gasteiger partial charge in [0.1, 0.15) is 11.2 Å². The zero-order valence-electron chi connectivity index (χ0n) is 37.3. The first-order valence-electron chi connectivity index (χ1n) is 23.9. The van der Waals surface area contributed by atoms with Crippen LogP contribution >= 0.6 is 0 Å². The van der Waals surface area contributed by atoms with Crippen LogP contribution in [0.3, 0.4) is 0 Å². The summed E-state index contributed by atoms with van der Waals surface area (Å²) in [6.07, 6.45) is 6.40. The van der Waals surface area contributed by atoms with E-state index in [1.165, 1.54) is 86.9 Å². The lowest BCUT2D eigenvalue weighted by Crippen LogP contribution is -2.13. The van der Waals surface area contributed by atoms with Gasteiger partial charge in [0.05, 0.1) is 22.4 Å². The van der Waals surface area contributed by atoms with Crippen molar-refractivity contribution in [1.82, 2.24) is 4.57 Å². The first-order valence-corrected chi connectivity index (χ1v) is 23.9. The Hall–Kier alpha value is -8.14. The molecule has 0 unspecified atom stereocenters. The second-order valence-corrected chi connectivity index (χ2v) is 18.2. The number of hydrogen-bond acceptors (Lipinski definition) is 2. The minimum absolute atomic E-state index is 0.558. The smallest absolute Gasteiger partial charge is 0.143 e. The van der Waals surface area contributed by atoms with Gasteiger partial charge in [-0.15, -0.1) is 0 Å². The van der Waals surface area contributed by atoms with Gasteiger partial charge in [-0.05, 0) is 112 Å². The second-order valence-electron chi connectivity index (χ2n) is 18.2. The van der Waals surface area contributed by atoms with Gasteiger partial charge < -0.3 is 13.9 Å². The van der Waals surface area contributed by atoms with Crippen LogP contribution in [0.4, 0.5) is 17.1 Å². The van der Waals surface area contributed by atoms with Crippen molar-refractivity contribution in [3.63, 3.8) is 0 Å². The highest BCUT2D eigenvalue weighted by molar-refractivity contribution is 6.12. The van der Waals surface area contributed by atoms with Crippen LogP contribution < -0.4 is 4.90 Å². The third kappa shape index (κ3) is 6.64. The van der Waals surface area contributed by atoms with Gasteiger partial charge in [-0.1, -0.05) is 183 Å². The molecule has 1 saturated carbocycles. The van der Waals surface area contributed by atoms with Gasteiger partial charge in [0.2, 0.25) is 0 Å². The van der Waals surface area contributed by atoms with Crippen molar-refractivity contribution >= 4 is 71.6 Å². The van der Waals surface area contributed by atoms with Crippen molar-refractivity contribution < 1.29 is 4.42 Å². The summed E-state index contributed by atoms with van der Waals surface area (Å²) in [5.41, 5.74) is 17.1. The van der Waals surface area contributed by atoms with Gasteiger partial charge in [0.25, 0.3) is 0 Å². The van der Waals surface area contributed by atoms with Crippen LogP contribution in [0.15, 0.2) is 229 Å². The topological polar surface area (TPSA) is 21.3 Å². The van der Waals surface area contributed by atoms with E-state index in [0.29, 0.717) is 5.92 Å². The molecule has 2 heterocycles. The van der Waals surface area contributed by atoms with Gasteiger partial charge >= 0.3 is 0 Å². The van der Waals surface area contributed by atoms with E-state index in [1.54, 1.807) is 0 Å². The van der Waals surface area contributed by atoms with Gasteiger partial charge in [0, 0.05) is 49.6 Å². The van der Waals surface area contributed by atoms with E-state index in [4.69, 9.17) is 4.42 Å². The second kappa shape index (κ2) is 16.4. The number of rotatable bonds is 8. The Balaban J connectivity index is 1.04. The summed E-state index contributed by atoms with van der Waals surface area (Å²) >= 11 is 0. The van der Waals surface area contributed by atoms with Gasteiger partial charge in [-0.25, -0.2) is 0 Å². The van der Waals surface area contributed by atoms with E-state index in [9.17, 15) is 0 Å². The van der Waals surface area contributed by atoms with Crippen molar-refractivity contribution in [3.8, 4) is 39.1 Å². The molecule has 2 aromatic heterocycles. The van der Waals surface area contributed by atoms with Crippen molar-refractivity contribution in [2.45, 2.75) is 38.0 Å². The van der Waals surface area contributed by atoms with Crippen LogP contribution in [0, 0.1) is 0 Å². The van der Waals surface area contributed by atoms with E-state index >= 15 is 0 Å². The zero-order valence-corrected chi connectivity index (χ0v) is 37.3. The lowest BCUT2D eigenvalue weighted by atomic mass is 9.80. The van der Waals surface area contributed by atoms with Crippen LogP contribution in [0.5, 0.6) is 0 Å². The average molecular weight is 861 g/mol. The maximum absolute atomic E-state index is 6.75. The van der Waals surface area contributed by atoms with Crippen LogP contribution in [0.1, 0.15) is 43.6 Å². The number of para-hydroxylation sites is 6. The predicted molar refractivity (Wildman–Crippen MR) is 282 cm³/mol. The van der Waals surface area contributed by atoms with Crippen molar-refractivity contribution in [1.29, 1.82) is 0 Å². The fourth-order valence-corrected chi connectivity index (χ4v) is 11.3. The van der Waals surface area contributed by atoms with Crippen LogP contribution in [0.25, 0.3) is 93.6 Å². The maximum Gasteiger partial charge on any atom is 0.143 e. The minimum atomic E-state index is 0.558. The fourth-order valence-electron chi connectivity index (χ4n) is 11.3. The molecule has 0 atom stereocenters. The fraction of sp³-hybridized carbons (Fsp3) is 0.0938. The Morgan fingerprint density at radius 2 is 1.03 bits per heavy atom. The third-order valence-corrected chi connectivity index (χ3v) is 14.4. The SMILES string of the molecule is c1ccc(-n2c3ccccc3c3cc(-c4cccc(N(c5ccccc5-c5cccc6c5oc5ccccc56)c5ccccc5-c5cccc6cccc(C7CCCCC7)c56)c4)ccc32)cc1. The number of fused-ring (bicyclic) bond motifs is 7. The molecule has 0 spiro atoms. The third-order valence-electron chi connectivity index (χ3n) is 14.4. The molecule has 12 aromatic rings. The predicted octanol–water partition coefficient (Wildman–Crippen LogP) is 18.4. The molecule has 1 aliphatic rings. The molecule has 3 heteroatoms. The first kappa shape index (κ1) is 39.2. The largest absolute Gasteiger partial charge is 0.455 e. The number of nitrogens with zero attached hydrogens (tertiary/aromatic N) is 2. The number of benzene rings is 10. The molecule has 0 saturated heterocycles. The molecule has 0 aliphatic heterocycles. The summed E-state index contributed by atoms with van der Waals surface area (Å²) in [5, 5.41) is 7.39. The zero-order chi connectivity index (χ0) is 44.3. The molecule has 67 heavy (non-hydrogen) atoms. The van der Waals surface area contributed by atoms with E-state index < -0.39 is 0 Å². The molecule has 3 nitrogen and oxygen atoms in total. The van der Waals surface area contributed by atoms with Crippen molar-refractivity contribution in [3.05, 3.63) is 230 Å². The molecule has 10 aromatic carbocycles. The molecule has 1 aliphatic carbocycles. The van der Waals surface area contributed by atoms with Crippen molar-refractivity contribution in [2.24, 2.45) is 0 Å². The number of anilines is 3. The summed E-state index contributed by atoms with van der Waals surface area (Å²) in [7, 11) is 0. The van der Waals surface area contributed by atoms with Crippen LogP contribution in [-0.2, 0) is 0 Å². The highest BCUT2D eigenvalue weighted by Crippen LogP contribution is 2.49. The molecule has 0 N–H and O–H groups in total.